The first-order valence-corrected chi connectivity index (χ1v) is 9.05. The number of hydrogen-bond donors (Lipinski definition) is 0. The van der Waals surface area contributed by atoms with Crippen LogP contribution in [-0.4, -0.2) is 11.8 Å². The molecular weight excluding hydrogens is 326 g/mol. The van der Waals surface area contributed by atoms with Crippen molar-refractivity contribution in [2.45, 2.75) is 13.0 Å². The Morgan fingerprint density at radius 1 is 0.846 bits per heavy atom. The van der Waals surface area contributed by atoms with Crippen molar-refractivity contribution in [1.82, 2.24) is 0 Å². The van der Waals surface area contributed by atoms with Crippen molar-refractivity contribution in [3.8, 4) is 5.75 Å². The van der Waals surface area contributed by atoms with Gasteiger partial charge in [-0.2, -0.15) is 0 Å². The van der Waals surface area contributed by atoms with Crippen molar-refractivity contribution in [3.05, 3.63) is 72.3 Å². The molecule has 3 aliphatic rings. The number of amides is 2. The summed E-state index contributed by atoms with van der Waals surface area (Å²) in [6.45, 7) is 0.487. The van der Waals surface area contributed by atoms with Crippen LogP contribution in [0.5, 0.6) is 5.75 Å². The Balaban J connectivity index is 1.32. The summed E-state index contributed by atoms with van der Waals surface area (Å²) in [6, 6.07) is 17.2. The summed E-state index contributed by atoms with van der Waals surface area (Å²) in [5.41, 5.74) is 1.73. The van der Waals surface area contributed by atoms with Gasteiger partial charge in [0.25, 0.3) is 0 Å². The van der Waals surface area contributed by atoms with Gasteiger partial charge < -0.3 is 4.74 Å². The highest BCUT2D eigenvalue weighted by Crippen LogP contribution is 2.53. The summed E-state index contributed by atoms with van der Waals surface area (Å²) in [5, 5.41) is 0. The zero-order chi connectivity index (χ0) is 17.7. The molecule has 2 bridgehead atoms. The van der Waals surface area contributed by atoms with E-state index in [1.807, 2.05) is 42.5 Å². The lowest BCUT2D eigenvalue weighted by Crippen LogP contribution is -2.32. The van der Waals surface area contributed by atoms with Crippen LogP contribution in [0, 0.1) is 23.7 Å². The van der Waals surface area contributed by atoms with Crippen molar-refractivity contribution in [2.75, 3.05) is 4.90 Å². The van der Waals surface area contributed by atoms with Gasteiger partial charge in [0.05, 0.1) is 17.5 Å². The van der Waals surface area contributed by atoms with Crippen molar-refractivity contribution in [1.29, 1.82) is 0 Å². The third kappa shape index (κ3) is 2.29. The minimum absolute atomic E-state index is 0.0465. The molecule has 0 aromatic heterocycles. The monoisotopic (exact) mass is 345 g/mol. The molecule has 4 heteroatoms. The lowest BCUT2D eigenvalue weighted by atomic mass is 9.85. The minimum atomic E-state index is -0.161. The lowest BCUT2D eigenvalue weighted by Gasteiger charge is -2.17. The smallest absolute Gasteiger partial charge is 0.238 e. The number of ether oxygens (including phenoxy) is 1. The van der Waals surface area contributed by atoms with Gasteiger partial charge in [-0.1, -0.05) is 42.5 Å². The molecule has 1 heterocycles. The zero-order valence-electron chi connectivity index (χ0n) is 14.2. The standard InChI is InChI=1S/C22H19NO3/c24-21-19-15-6-7-16(12-15)20(19)22(25)23(21)17-8-10-18(11-9-17)26-13-14-4-2-1-3-5-14/h1-11,15-16,19-20H,12-13H2/t15-,16-,19+,20+/m0/s1. The molecule has 1 saturated carbocycles. The maximum atomic E-state index is 12.8. The predicted octanol–water partition coefficient (Wildman–Crippen LogP) is 3.58. The van der Waals surface area contributed by atoms with Crippen LogP contribution in [0.2, 0.25) is 0 Å². The second kappa shape index (κ2) is 5.84. The number of anilines is 1. The first kappa shape index (κ1) is 15.4. The number of rotatable bonds is 4. The van der Waals surface area contributed by atoms with Crippen LogP contribution in [0.25, 0.3) is 0 Å². The van der Waals surface area contributed by atoms with Crippen LogP contribution in [0.1, 0.15) is 12.0 Å². The summed E-state index contributed by atoms with van der Waals surface area (Å²) >= 11 is 0. The van der Waals surface area contributed by atoms with Gasteiger partial charge in [0.1, 0.15) is 12.4 Å². The van der Waals surface area contributed by atoms with E-state index in [9.17, 15) is 9.59 Å². The van der Waals surface area contributed by atoms with Gasteiger partial charge in [-0.05, 0) is 48.1 Å². The molecule has 5 rings (SSSR count). The van der Waals surface area contributed by atoms with Crippen molar-refractivity contribution < 1.29 is 14.3 Å². The van der Waals surface area contributed by atoms with E-state index in [2.05, 4.69) is 12.2 Å². The summed E-state index contributed by atoms with van der Waals surface area (Å²) in [7, 11) is 0. The Bertz CT molecular complexity index is 857. The van der Waals surface area contributed by atoms with Crippen LogP contribution in [0.3, 0.4) is 0 Å². The summed E-state index contributed by atoms with van der Waals surface area (Å²) < 4.78 is 5.78. The Morgan fingerprint density at radius 3 is 2.08 bits per heavy atom. The number of carbonyl (C=O) groups is 2. The van der Waals surface area contributed by atoms with Gasteiger partial charge in [-0.25, -0.2) is 0 Å². The summed E-state index contributed by atoms with van der Waals surface area (Å²) in [4.78, 5) is 27.0. The molecule has 26 heavy (non-hydrogen) atoms. The van der Waals surface area contributed by atoms with Gasteiger partial charge >= 0.3 is 0 Å². The van der Waals surface area contributed by atoms with E-state index in [4.69, 9.17) is 4.74 Å². The van der Waals surface area contributed by atoms with Gasteiger partial charge in [0.2, 0.25) is 11.8 Å². The van der Waals surface area contributed by atoms with E-state index in [0.29, 0.717) is 12.3 Å². The SMILES string of the molecule is O=C1[C@H]2[C@H](C(=O)N1c1ccc(OCc3ccccc3)cc1)[C@H]1C=C[C@H]2C1. The molecule has 0 radical (unpaired) electrons. The maximum absolute atomic E-state index is 12.8. The first-order valence-electron chi connectivity index (χ1n) is 9.05. The van der Waals surface area contributed by atoms with E-state index in [-0.39, 0.29) is 35.5 Å². The normalized spacial score (nSPS) is 28.7. The molecule has 2 fully saturated rings. The van der Waals surface area contributed by atoms with E-state index >= 15 is 0 Å². The van der Waals surface area contributed by atoms with Crippen molar-refractivity contribution in [2.24, 2.45) is 23.7 Å². The average molecular weight is 345 g/mol. The fraction of sp³-hybridized carbons (Fsp3) is 0.273. The second-order valence-electron chi connectivity index (χ2n) is 7.28. The van der Waals surface area contributed by atoms with Crippen molar-refractivity contribution >= 4 is 17.5 Å². The molecule has 1 saturated heterocycles. The van der Waals surface area contributed by atoms with Crippen LogP contribution < -0.4 is 9.64 Å². The number of benzene rings is 2. The van der Waals surface area contributed by atoms with Gasteiger partial charge in [0, 0.05) is 0 Å². The fourth-order valence-corrected chi connectivity index (χ4v) is 4.59. The summed E-state index contributed by atoms with van der Waals surface area (Å²) in [5.74, 6) is 0.779. The molecular formula is C22H19NO3. The summed E-state index contributed by atoms with van der Waals surface area (Å²) in [6.07, 6.45) is 5.18. The molecule has 0 N–H and O–H groups in total. The predicted molar refractivity (Wildman–Crippen MR) is 97.4 cm³/mol. The zero-order valence-corrected chi connectivity index (χ0v) is 14.2. The van der Waals surface area contributed by atoms with E-state index in [1.54, 1.807) is 12.1 Å². The van der Waals surface area contributed by atoms with Gasteiger partial charge in [-0.3, -0.25) is 14.5 Å². The number of fused-ring (bicyclic) bond motifs is 5. The Kier molecular flexibility index (Phi) is 3.45. The molecule has 0 unspecified atom stereocenters. The number of carbonyl (C=O) groups excluding carboxylic acids is 2. The molecule has 4 nitrogen and oxygen atoms in total. The molecule has 0 spiro atoms. The number of nitrogens with zero attached hydrogens (tertiary/aromatic N) is 1. The quantitative estimate of drug-likeness (QED) is 0.629. The third-order valence-corrected chi connectivity index (χ3v) is 5.81. The van der Waals surface area contributed by atoms with Gasteiger partial charge in [0.15, 0.2) is 0 Å². The Labute approximate surface area is 152 Å². The number of allylic oxidation sites excluding steroid dienone is 2. The van der Waals surface area contributed by atoms with Crippen LogP contribution in [0.15, 0.2) is 66.7 Å². The molecule has 2 aromatic rings. The van der Waals surface area contributed by atoms with Crippen LogP contribution in [0.4, 0.5) is 5.69 Å². The molecule has 1 aliphatic heterocycles. The minimum Gasteiger partial charge on any atom is -0.489 e. The Morgan fingerprint density at radius 2 is 1.46 bits per heavy atom. The van der Waals surface area contributed by atoms with E-state index in [1.165, 1.54) is 4.90 Å². The maximum Gasteiger partial charge on any atom is 0.238 e. The Hall–Kier alpha value is -2.88. The topological polar surface area (TPSA) is 46.6 Å². The number of hydrogen-bond acceptors (Lipinski definition) is 3. The first-order chi connectivity index (χ1) is 12.7. The largest absolute Gasteiger partial charge is 0.489 e. The highest BCUT2D eigenvalue weighted by molar-refractivity contribution is 6.22. The average Bonchev–Trinajstić information content (AvgIpc) is 3.35. The van der Waals surface area contributed by atoms with Crippen LogP contribution >= 0.6 is 0 Å². The van der Waals surface area contributed by atoms with E-state index < -0.39 is 0 Å². The molecule has 130 valence electrons. The lowest BCUT2D eigenvalue weighted by molar-refractivity contribution is -0.123. The molecule has 2 aromatic carbocycles. The van der Waals surface area contributed by atoms with Crippen LogP contribution in [-0.2, 0) is 16.2 Å². The highest BCUT2D eigenvalue weighted by atomic mass is 16.5. The highest BCUT2D eigenvalue weighted by Gasteiger charge is 2.59. The molecule has 2 amide bonds. The van der Waals surface area contributed by atoms with Gasteiger partial charge in [-0.15, -0.1) is 0 Å². The third-order valence-electron chi connectivity index (χ3n) is 5.81. The second-order valence-corrected chi connectivity index (χ2v) is 7.28. The van der Waals surface area contributed by atoms with E-state index in [0.717, 1.165) is 17.7 Å². The fourth-order valence-electron chi connectivity index (χ4n) is 4.59. The number of imide groups is 1. The van der Waals surface area contributed by atoms with Crippen molar-refractivity contribution in [3.63, 3.8) is 0 Å². The molecule has 2 aliphatic carbocycles. The molecule has 4 atom stereocenters.